The summed E-state index contributed by atoms with van der Waals surface area (Å²) in [6, 6.07) is 23.6. The third kappa shape index (κ3) is 3.37. The number of anilines is 1. The lowest BCUT2D eigenvalue weighted by molar-refractivity contribution is 0.0747. The quantitative estimate of drug-likeness (QED) is 0.570. The first kappa shape index (κ1) is 18.2. The number of amides is 1. The van der Waals surface area contributed by atoms with Crippen LogP contribution in [0.2, 0.25) is 0 Å². The van der Waals surface area contributed by atoms with Gasteiger partial charge in [-0.15, -0.1) is 0 Å². The third-order valence-corrected chi connectivity index (χ3v) is 5.57. The number of aromatic amines is 1. The summed E-state index contributed by atoms with van der Waals surface area (Å²) >= 11 is 0. The molecule has 2 heterocycles. The largest absolute Gasteiger partial charge is 0.417 e. The van der Waals surface area contributed by atoms with E-state index >= 15 is 0 Å². The minimum absolute atomic E-state index is 0.0423. The summed E-state index contributed by atoms with van der Waals surface area (Å²) in [4.78, 5) is 31.2. The molecule has 6 heteroatoms. The molecule has 0 spiro atoms. The third-order valence-electron chi connectivity index (χ3n) is 5.57. The van der Waals surface area contributed by atoms with Gasteiger partial charge < -0.3 is 14.2 Å². The minimum Gasteiger partial charge on any atom is -0.406 e. The Morgan fingerprint density at radius 3 is 2.23 bits per heavy atom. The number of nitrogens with one attached hydrogen (secondary N) is 1. The molecule has 1 aromatic heterocycles. The SMILES string of the molecule is O=C(c1ccc(-c2ccccc2)cc1)N1CCN(c2cccc3[nH]c(=O)oc23)CC1. The van der Waals surface area contributed by atoms with Crippen molar-refractivity contribution < 1.29 is 9.21 Å². The molecule has 1 N–H and O–H groups in total. The van der Waals surface area contributed by atoms with Crippen molar-refractivity contribution in [2.75, 3.05) is 31.1 Å². The maximum Gasteiger partial charge on any atom is 0.417 e. The fourth-order valence-corrected chi connectivity index (χ4v) is 3.98. The number of oxazole rings is 1. The summed E-state index contributed by atoms with van der Waals surface area (Å²) in [7, 11) is 0. The van der Waals surface area contributed by atoms with Gasteiger partial charge in [-0.2, -0.15) is 0 Å². The Balaban J connectivity index is 1.28. The summed E-state index contributed by atoms with van der Waals surface area (Å²) in [5.41, 5.74) is 5.06. The molecule has 1 fully saturated rings. The lowest BCUT2D eigenvalue weighted by atomic mass is 10.0. The van der Waals surface area contributed by atoms with Gasteiger partial charge >= 0.3 is 5.76 Å². The highest BCUT2D eigenvalue weighted by molar-refractivity contribution is 5.95. The standard InChI is InChI=1S/C24H21N3O3/c28-23(19-11-9-18(10-12-19)17-5-2-1-3-6-17)27-15-13-26(14-16-27)21-8-4-7-20-22(21)30-24(29)25-20/h1-12H,13-16H2,(H,25,29). The molecule has 0 bridgehead atoms. The average Bonchev–Trinajstić information content (AvgIpc) is 3.20. The second-order valence-corrected chi connectivity index (χ2v) is 7.39. The number of rotatable bonds is 3. The van der Waals surface area contributed by atoms with Gasteiger partial charge in [0.25, 0.3) is 5.91 Å². The van der Waals surface area contributed by atoms with Gasteiger partial charge in [-0.25, -0.2) is 4.79 Å². The van der Waals surface area contributed by atoms with E-state index < -0.39 is 5.76 Å². The van der Waals surface area contributed by atoms with Gasteiger partial charge in [0, 0.05) is 31.7 Å². The van der Waals surface area contributed by atoms with Crippen LogP contribution in [0, 0.1) is 0 Å². The number of piperazine rings is 1. The Kier molecular flexibility index (Phi) is 4.59. The molecular weight excluding hydrogens is 378 g/mol. The van der Waals surface area contributed by atoms with Crippen molar-refractivity contribution in [3.63, 3.8) is 0 Å². The zero-order valence-electron chi connectivity index (χ0n) is 16.4. The van der Waals surface area contributed by atoms with E-state index in [0.29, 0.717) is 42.8 Å². The second kappa shape index (κ2) is 7.55. The number of nitrogens with zero attached hydrogens (tertiary/aromatic N) is 2. The van der Waals surface area contributed by atoms with E-state index in [4.69, 9.17) is 4.42 Å². The molecule has 1 aliphatic heterocycles. The number of benzene rings is 3. The highest BCUT2D eigenvalue weighted by Gasteiger charge is 2.24. The normalized spacial score (nSPS) is 14.3. The fraction of sp³-hybridized carbons (Fsp3) is 0.167. The number of aromatic nitrogens is 1. The van der Waals surface area contributed by atoms with Crippen molar-refractivity contribution in [2.24, 2.45) is 0 Å². The van der Waals surface area contributed by atoms with Crippen molar-refractivity contribution in [3.8, 4) is 11.1 Å². The molecule has 1 saturated heterocycles. The molecule has 0 radical (unpaired) electrons. The van der Waals surface area contributed by atoms with Crippen molar-refractivity contribution in [1.29, 1.82) is 0 Å². The number of H-pyrrole nitrogens is 1. The molecule has 4 aromatic rings. The van der Waals surface area contributed by atoms with Crippen LogP contribution in [-0.2, 0) is 0 Å². The van der Waals surface area contributed by atoms with E-state index in [-0.39, 0.29) is 5.91 Å². The van der Waals surface area contributed by atoms with Crippen LogP contribution < -0.4 is 10.7 Å². The summed E-state index contributed by atoms with van der Waals surface area (Å²) in [5, 5.41) is 0. The Labute approximate surface area is 173 Å². The van der Waals surface area contributed by atoms with Crippen LogP contribution in [0.15, 0.2) is 82.0 Å². The van der Waals surface area contributed by atoms with Gasteiger partial charge in [-0.3, -0.25) is 9.78 Å². The van der Waals surface area contributed by atoms with E-state index in [1.54, 1.807) is 0 Å². The minimum atomic E-state index is -0.454. The van der Waals surface area contributed by atoms with Gasteiger partial charge in [0.2, 0.25) is 0 Å². The molecule has 0 aliphatic carbocycles. The van der Waals surface area contributed by atoms with Gasteiger partial charge in [0.15, 0.2) is 5.58 Å². The monoisotopic (exact) mass is 399 g/mol. The number of carbonyl (C=O) groups excluding carboxylic acids is 1. The van der Waals surface area contributed by atoms with Crippen molar-refractivity contribution in [1.82, 2.24) is 9.88 Å². The maximum atomic E-state index is 12.9. The topological polar surface area (TPSA) is 69.6 Å². The highest BCUT2D eigenvalue weighted by atomic mass is 16.4. The van der Waals surface area contributed by atoms with E-state index in [1.165, 1.54) is 0 Å². The Bertz CT molecular complexity index is 1230. The number of hydrogen-bond donors (Lipinski definition) is 1. The summed E-state index contributed by atoms with van der Waals surface area (Å²) in [5.74, 6) is -0.411. The van der Waals surface area contributed by atoms with Crippen LogP contribution in [0.4, 0.5) is 5.69 Å². The summed E-state index contributed by atoms with van der Waals surface area (Å²) in [6.45, 7) is 2.60. The van der Waals surface area contributed by atoms with Crippen molar-refractivity contribution >= 4 is 22.7 Å². The van der Waals surface area contributed by atoms with Crippen LogP contribution >= 0.6 is 0 Å². The Hall–Kier alpha value is -3.80. The molecule has 150 valence electrons. The lowest BCUT2D eigenvalue weighted by Gasteiger charge is -2.36. The van der Waals surface area contributed by atoms with E-state index in [9.17, 15) is 9.59 Å². The number of carbonyl (C=O) groups is 1. The van der Waals surface area contributed by atoms with Gasteiger partial charge in [-0.1, -0.05) is 48.5 Å². The molecule has 0 unspecified atom stereocenters. The molecule has 0 atom stereocenters. The molecule has 1 amide bonds. The predicted molar refractivity (Wildman–Crippen MR) is 117 cm³/mol. The molecule has 1 aliphatic rings. The molecular formula is C24H21N3O3. The van der Waals surface area contributed by atoms with E-state index in [2.05, 4.69) is 22.0 Å². The molecule has 6 nitrogen and oxygen atoms in total. The maximum absolute atomic E-state index is 12.9. The smallest absolute Gasteiger partial charge is 0.406 e. The van der Waals surface area contributed by atoms with Crippen molar-refractivity contribution in [3.05, 3.63) is 88.9 Å². The number of fused-ring (bicyclic) bond motifs is 1. The zero-order valence-corrected chi connectivity index (χ0v) is 16.4. The molecule has 0 saturated carbocycles. The van der Waals surface area contributed by atoms with Crippen LogP contribution in [0.1, 0.15) is 10.4 Å². The van der Waals surface area contributed by atoms with E-state index in [0.717, 1.165) is 16.8 Å². The second-order valence-electron chi connectivity index (χ2n) is 7.39. The number of hydrogen-bond acceptors (Lipinski definition) is 4. The molecule has 5 rings (SSSR count). The van der Waals surface area contributed by atoms with E-state index in [1.807, 2.05) is 65.6 Å². The van der Waals surface area contributed by atoms with Gasteiger partial charge in [0.1, 0.15) is 0 Å². The lowest BCUT2D eigenvalue weighted by Crippen LogP contribution is -2.48. The van der Waals surface area contributed by atoms with Crippen LogP contribution in [0.3, 0.4) is 0 Å². The first-order chi connectivity index (χ1) is 14.7. The van der Waals surface area contributed by atoms with Gasteiger partial charge in [0.05, 0.1) is 11.2 Å². The Morgan fingerprint density at radius 1 is 0.800 bits per heavy atom. The zero-order chi connectivity index (χ0) is 20.5. The highest BCUT2D eigenvalue weighted by Crippen LogP contribution is 2.26. The molecule has 30 heavy (non-hydrogen) atoms. The predicted octanol–water partition coefficient (Wildman–Crippen LogP) is 3.75. The molecule has 3 aromatic carbocycles. The summed E-state index contributed by atoms with van der Waals surface area (Å²) < 4.78 is 5.31. The fourth-order valence-electron chi connectivity index (χ4n) is 3.98. The van der Waals surface area contributed by atoms with Crippen LogP contribution in [0.5, 0.6) is 0 Å². The first-order valence-corrected chi connectivity index (χ1v) is 10.0. The average molecular weight is 399 g/mol. The summed E-state index contributed by atoms with van der Waals surface area (Å²) in [6.07, 6.45) is 0. The number of para-hydroxylation sites is 1. The van der Waals surface area contributed by atoms with Crippen LogP contribution in [0.25, 0.3) is 22.2 Å². The van der Waals surface area contributed by atoms with Crippen molar-refractivity contribution in [2.45, 2.75) is 0 Å². The Morgan fingerprint density at radius 2 is 1.50 bits per heavy atom. The van der Waals surface area contributed by atoms with Gasteiger partial charge in [-0.05, 0) is 35.4 Å². The van der Waals surface area contributed by atoms with Crippen LogP contribution in [-0.4, -0.2) is 42.0 Å². The first-order valence-electron chi connectivity index (χ1n) is 10.0.